The fraction of sp³-hybridized carbons (Fsp3) is 0.486. The van der Waals surface area contributed by atoms with Crippen LogP contribution >= 0.6 is 0 Å². The zero-order valence-corrected chi connectivity index (χ0v) is 28.6. The third-order valence-electron chi connectivity index (χ3n) is 8.41. The van der Waals surface area contributed by atoms with Gasteiger partial charge in [-0.3, -0.25) is 4.79 Å². The summed E-state index contributed by atoms with van der Waals surface area (Å²) < 4.78 is 17.8. The lowest BCUT2D eigenvalue weighted by Gasteiger charge is -2.35. The van der Waals surface area contributed by atoms with E-state index in [2.05, 4.69) is 21.1 Å². The number of benzene rings is 2. The van der Waals surface area contributed by atoms with E-state index in [4.69, 9.17) is 14.0 Å². The molecule has 0 unspecified atom stereocenters. The van der Waals surface area contributed by atoms with E-state index in [1.54, 1.807) is 55.8 Å². The highest BCUT2D eigenvalue weighted by molar-refractivity contribution is 6.03. The third kappa shape index (κ3) is 9.71. The Morgan fingerprint density at radius 3 is 2.50 bits per heavy atom. The Balaban J connectivity index is 1.59. The van der Waals surface area contributed by atoms with Gasteiger partial charge in [-0.2, -0.15) is 0 Å². The molecule has 2 heterocycles. The molecule has 0 spiro atoms. The number of amides is 5. The number of ether oxygens (including phenoxy) is 2. The number of aromatic nitrogens is 1. The van der Waals surface area contributed by atoms with E-state index in [-0.39, 0.29) is 42.7 Å². The van der Waals surface area contributed by atoms with Gasteiger partial charge in [0.05, 0.1) is 30.4 Å². The van der Waals surface area contributed by atoms with Crippen LogP contribution in [0.25, 0.3) is 0 Å². The lowest BCUT2D eigenvalue weighted by molar-refractivity contribution is -0.0115. The van der Waals surface area contributed by atoms with Crippen molar-refractivity contribution >= 4 is 35.0 Å². The smallest absolute Gasteiger partial charge is 0.323 e. The van der Waals surface area contributed by atoms with Gasteiger partial charge in [0.1, 0.15) is 17.1 Å². The van der Waals surface area contributed by atoms with Crippen molar-refractivity contribution < 1.29 is 33.5 Å². The number of nitrogens with zero attached hydrogens (tertiary/aromatic N) is 3. The van der Waals surface area contributed by atoms with Crippen LogP contribution in [0.1, 0.15) is 61.8 Å². The zero-order valence-electron chi connectivity index (χ0n) is 28.6. The standard InChI is InChI=1S/C35H48N6O7/c1-22-19-41(23(2)21-42)33(43)29-18-28(36-34(44)38-32-25(4)39-48-26(32)5)15-16-30(29)47-24(3)12-10-11-17-46-31(22)20-40(6)35(45)37-27-13-8-7-9-14-27/h7-9,13-16,18,22-24,31,42H,10-12,17,19-21H2,1-6H3,(H,37,45)(H2,36,38,44)/t22-,23+,24+,31+/m0/s1. The molecule has 48 heavy (non-hydrogen) atoms. The minimum absolute atomic E-state index is 0.201. The minimum atomic E-state index is -0.544. The van der Waals surface area contributed by atoms with Crippen molar-refractivity contribution in [3.63, 3.8) is 0 Å². The molecule has 0 bridgehead atoms. The van der Waals surface area contributed by atoms with Gasteiger partial charge < -0.3 is 44.9 Å². The molecule has 0 aliphatic carbocycles. The molecule has 4 N–H and O–H groups in total. The zero-order chi connectivity index (χ0) is 34.8. The molecule has 260 valence electrons. The maximum Gasteiger partial charge on any atom is 0.323 e. The molecule has 0 radical (unpaired) electrons. The molecule has 13 heteroatoms. The van der Waals surface area contributed by atoms with Crippen LogP contribution in [0.2, 0.25) is 0 Å². The summed E-state index contributed by atoms with van der Waals surface area (Å²) in [6, 6.07) is 12.8. The SMILES string of the molecule is Cc1noc(C)c1NC(=O)Nc1ccc2c(c1)C(=O)N([C@H](C)CO)C[C@H](C)[C@@H](CN(C)C(=O)Nc1ccccc1)OCCCC[C@@H](C)O2. The molecule has 4 rings (SSSR count). The Morgan fingerprint density at radius 2 is 1.81 bits per heavy atom. The molecular weight excluding hydrogens is 616 g/mol. The van der Waals surface area contributed by atoms with Crippen LogP contribution in [0, 0.1) is 19.8 Å². The van der Waals surface area contributed by atoms with Crippen molar-refractivity contribution in [2.75, 3.05) is 49.3 Å². The van der Waals surface area contributed by atoms with Crippen molar-refractivity contribution in [3.05, 3.63) is 65.5 Å². The van der Waals surface area contributed by atoms with Crippen LogP contribution in [0.3, 0.4) is 0 Å². The van der Waals surface area contributed by atoms with E-state index in [1.165, 1.54) is 0 Å². The number of likely N-dealkylation sites (N-methyl/N-ethyl adjacent to an activating group) is 1. The lowest BCUT2D eigenvalue weighted by Crippen LogP contribution is -2.48. The molecule has 3 aromatic rings. The Labute approximate surface area is 281 Å². The molecule has 0 fully saturated rings. The second-order valence-corrected chi connectivity index (χ2v) is 12.5. The lowest BCUT2D eigenvalue weighted by atomic mass is 10.0. The minimum Gasteiger partial charge on any atom is -0.490 e. The predicted octanol–water partition coefficient (Wildman–Crippen LogP) is 5.89. The maximum atomic E-state index is 14.4. The number of rotatable bonds is 7. The van der Waals surface area contributed by atoms with Gasteiger partial charge in [0.15, 0.2) is 5.76 Å². The summed E-state index contributed by atoms with van der Waals surface area (Å²) in [6.45, 7) is 9.85. The quantitative estimate of drug-likeness (QED) is 0.243. The van der Waals surface area contributed by atoms with Crippen LogP contribution in [-0.2, 0) is 4.74 Å². The maximum absolute atomic E-state index is 14.4. The van der Waals surface area contributed by atoms with Crippen molar-refractivity contribution in [1.29, 1.82) is 0 Å². The van der Waals surface area contributed by atoms with Gasteiger partial charge in [0, 0.05) is 44.0 Å². The van der Waals surface area contributed by atoms with Gasteiger partial charge in [0.2, 0.25) is 0 Å². The molecular formula is C35H48N6O7. The van der Waals surface area contributed by atoms with Crippen molar-refractivity contribution in [3.8, 4) is 5.75 Å². The van der Waals surface area contributed by atoms with E-state index >= 15 is 0 Å². The fourth-order valence-electron chi connectivity index (χ4n) is 5.49. The third-order valence-corrected chi connectivity index (χ3v) is 8.41. The number of anilines is 3. The highest BCUT2D eigenvalue weighted by atomic mass is 16.5. The Hall–Kier alpha value is -4.62. The van der Waals surface area contributed by atoms with Crippen molar-refractivity contribution in [2.45, 2.75) is 72.1 Å². The number of carbonyl (C=O) groups is 3. The van der Waals surface area contributed by atoms with Crippen LogP contribution < -0.4 is 20.7 Å². The highest BCUT2D eigenvalue weighted by Crippen LogP contribution is 2.29. The second kappa shape index (κ2) is 17.0. The molecule has 1 aliphatic heterocycles. The molecule has 1 aliphatic rings. The van der Waals surface area contributed by atoms with E-state index in [1.807, 2.05) is 44.2 Å². The fourth-order valence-corrected chi connectivity index (χ4v) is 5.49. The number of nitrogens with one attached hydrogen (secondary N) is 3. The number of hydrogen-bond donors (Lipinski definition) is 4. The molecule has 2 aromatic carbocycles. The second-order valence-electron chi connectivity index (χ2n) is 12.5. The molecule has 4 atom stereocenters. The number of fused-ring (bicyclic) bond motifs is 1. The molecule has 1 aromatic heterocycles. The van der Waals surface area contributed by atoms with Gasteiger partial charge in [-0.05, 0) is 77.3 Å². The first kappa shape index (κ1) is 36.2. The topological polar surface area (TPSA) is 158 Å². The average molecular weight is 665 g/mol. The largest absolute Gasteiger partial charge is 0.490 e. The van der Waals surface area contributed by atoms with E-state index in [0.717, 1.165) is 19.3 Å². The summed E-state index contributed by atoms with van der Waals surface area (Å²) in [5.41, 5.74) is 2.32. The first-order valence-corrected chi connectivity index (χ1v) is 16.4. The summed E-state index contributed by atoms with van der Waals surface area (Å²) in [5, 5.41) is 22.5. The van der Waals surface area contributed by atoms with E-state index < -0.39 is 18.2 Å². The van der Waals surface area contributed by atoms with E-state index in [0.29, 0.717) is 47.4 Å². The van der Waals surface area contributed by atoms with Gasteiger partial charge >= 0.3 is 12.1 Å². The Morgan fingerprint density at radius 1 is 1.06 bits per heavy atom. The molecule has 13 nitrogen and oxygen atoms in total. The number of urea groups is 2. The first-order valence-electron chi connectivity index (χ1n) is 16.4. The van der Waals surface area contributed by atoms with E-state index in [9.17, 15) is 19.5 Å². The number of aliphatic hydroxyl groups is 1. The molecule has 5 amide bonds. The number of para-hydroxylation sites is 1. The summed E-state index contributed by atoms with van der Waals surface area (Å²) in [7, 11) is 1.71. The Bertz CT molecular complexity index is 1510. The average Bonchev–Trinajstić information content (AvgIpc) is 3.38. The number of carbonyl (C=O) groups excluding carboxylic acids is 3. The summed E-state index contributed by atoms with van der Waals surface area (Å²) >= 11 is 0. The van der Waals surface area contributed by atoms with Crippen LogP contribution in [0.4, 0.5) is 26.7 Å². The summed E-state index contributed by atoms with van der Waals surface area (Å²) in [4.78, 5) is 43.5. The molecule has 0 saturated heterocycles. The normalized spacial score (nSPS) is 19.7. The van der Waals surface area contributed by atoms with Crippen molar-refractivity contribution in [1.82, 2.24) is 15.0 Å². The number of aryl methyl sites for hydroxylation is 2. The summed E-state index contributed by atoms with van der Waals surface area (Å²) in [5.74, 6) is 0.265. The number of hydrogen-bond acceptors (Lipinski definition) is 8. The first-order chi connectivity index (χ1) is 23.0. The number of aliphatic hydroxyl groups excluding tert-OH is 1. The predicted molar refractivity (Wildman–Crippen MR) is 184 cm³/mol. The van der Waals surface area contributed by atoms with Gasteiger partial charge in [-0.25, -0.2) is 9.59 Å². The van der Waals surface area contributed by atoms with Gasteiger partial charge in [0.25, 0.3) is 5.91 Å². The van der Waals surface area contributed by atoms with Crippen LogP contribution in [0.15, 0.2) is 53.1 Å². The van der Waals surface area contributed by atoms with Gasteiger partial charge in [-0.15, -0.1) is 0 Å². The summed E-state index contributed by atoms with van der Waals surface area (Å²) in [6.07, 6.45) is 1.77. The van der Waals surface area contributed by atoms with Crippen LogP contribution in [0.5, 0.6) is 5.75 Å². The molecule has 0 saturated carbocycles. The van der Waals surface area contributed by atoms with Crippen LogP contribution in [-0.4, -0.2) is 89.6 Å². The highest BCUT2D eigenvalue weighted by Gasteiger charge is 2.31. The Kier molecular flexibility index (Phi) is 12.8. The van der Waals surface area contributed by atoms with Crippen molar-refractivity contribution in [2.24, 2.45) is 5.92 Å². The monoisotopic (exact) mass is 664 g/mol. The van der Waals surface area contributed by atoms with Gasteiger partial charge in [-0.1, -0.05) is 30.3 Å².